The maximum atomic E-state index is 13.2. The second-order valence-corrected chi connectivity index (χ2v) is 6.23. The molecule has 7 heteroatoms. The largest absolute Gasteiger partial charge is 0.451 e. The summed E-state index contributed by atoms with van der Waals surface area (Å²) in [4.78, 5) is 23.6. The van der Waals surface area contributed by atoms with Crippen LogP contribution in [0.3, 0.4) is 0 Å². The number of thiophene rings is 1. The number of amides is 1. The van der Waals surface area contributed by atoms with Crippen molar-refractivity contribution in [3.05, 3.63) is 33.9 Å². The SMILES string of the molecule is O=C(COC(=O)c1sc2cc(F)ccc2c1Cl)NC1CC1. The minimum Gasteiger partial charge on any atom is -0.451 e. The van der Waals surface area contributed by atoms with Gasteiger partial charge < -0.3 is 10.1 Å². The van der Waals surface area contributed by atoms with Crippen LogP contribution in [0.25, 0.3) is 10.1 Å². The second kappa shape index (κ2) is 5.61. The number of hydrogen-bond acceptors (Lipinski definition) is 4. The molecule has 1 heterocycles. The summed E-state index contributed by atoms with van der Waals surface area (Å²) in [5.74, 6) is -1.40. The topological polar surface area (TPSA) is 55.4 Å². The third-order valence-corrected chi connectivity index (χ3v) is 4.69. The van der Waals surface area contributed by atoms with Crippen molar-refractivity contribution >= 4 is 44.9 Å². The zero-order valence-corrected chi connectivity index (χ0v) is 12.4. The number of ether oxygens (including phenoxy) is 1. The quantitative estimate of drug-likeness (QED) is 0.878. The van der Waals surface area contributed by atoms with Crippen molar-refractivity contribution in [2.75, 3.05) is 6.61 Å². The number of carbonyl (C=O) groups excluding carboxylic acids is 2. The van der Waals surface area contributed by atoms with Crippen molar-refractivity contribution in [1.82, 2.24) is 5.32 Å². The van der Waals surface area contributed by atoms with Crippen LogP contribution in [0, 0.1) is 5.82 Å². The normalized spacial score (nSPS) is 14.2. The van der Waals surface area contributed by atoms with E-state index < -0.39 is 11.8 Å². The highest BCUT2D eigenvalue weighted by Gasteiger charge is 2.24. The van der Waals surface area contributed by atoms with Gasteiger partial charge in [0.2, 0.25) is 0 Å². The van der Waals surface area contributed by atoms with E-state index >= 15 is 0 Å². The molecule has 0 bridgehead atoms. The molecule has 1 aliphatic carbocycles. The van der Waals surface area contributed by atoms with Gasteiger partial charge in [-0.3, -0.25) is 4.79 Å². The summed E-state index contributed by atoms with van der Waals surface area (Å²) in [6.07, 6.45) is 1.93. The first kappa shape index (κ1) is 14.3. The third-order valence-electron chi connectivity index (χ3n) is 3.05. The molecule has 2 aromatic rings. The van der Waals surface area contributed by atoms with E-state index in [9.17, 15) is 14.0 Å². The molecule has 21 heavy (non-hydrogen) atoms. The van der Waals surface area contributed by atoms with Crippen molar-refractivity contribution in [2.24, 2.45) is 0 Å². The molecular formula is C14H11ClFNO3S. The number of halogens is 2. The predicted molar refractivity (Wildman–Crippen MR) is 78.2 cm³/mol. The van der Waals surface area contributed by atoms with Crippen molar-refractivity contribution < 1.29 is 18.7 Å². The Morgan fingerprint density at radius 3 is 2.90 bits per heavy atom. The summed E-state index contributed by atoms with van der Waals surface area (Å²) >= 11 is 7.15. The molecule has 0 saturated heterocycles. The Kier molecular flexibility index (Phi) is 3.82. The van der Waals surface area contributed by atoms with Crippen molar-refractivity contribution in [3.8, 4) is 0 Å². The summed E-state index contributed by atoms with van der Waals surface area (Å²) < 4.78 is 18.7. The standard InChI is InChI=1S/C14H11ClFNO3S/c15-12-9-4-1-7(16)5-10(9)21-13(12)14(19)20-6-11(18)17-8-2-3-8/h1,4-5,8H,2-3,6H2,(H,17,18). The zero-order chi connectivity index (χ0) is 15.0. The molecule has 0 atom stereocenters. The first-order chi connectivity index (χ1) is 10.0. The summed E-state index contributed by atoms with van der Waals surface area (Å²) in [6.45, 7) is -0.339. The maximum absolute atomic E-state index is 13.2. The van der Waals surface area contributed by atoms with Gasteiger partial charge in [-0.2, -0.15) is 0 Å². The fourth-order valence-electron chi connectivity index (χ4n) is 1.86. The lowest BCUT2D eigenvalue weighted by molar-refractivity contribution is -0.124. The Morgan fingerprint density at radius 2 is 2.19 bits per heavy atom. The van der Waals surface area contributed by atoms with Gasteiger partial charge in [-0.25, -0.2) is 9.18 Å². The van der Waals surface area contributed by atoms with E-state index in [0.717, 1.165) is 24.2 Å². The fourth-order valence-corrected chi connectivity index (χ4v) is 3.29. The van der Waals surface area contributed by atoms with Crippen molar-refractivity contribution in [1.29, 1.82) is 0 Å². The molecule has 1 amide bonds. The molecule has 110 valence electrons. The number of carbonyl (C=O) groups is 2. The first-order valence-electron chi connectivity index (χ1n) is 6.38. The third kappa shape index (κ3) is 3.16. The molecular weight excluding hydrogens is 317 g/mol. The molecule has 0 spiro atoms. The lowest BCUT2D eigenvalue weighted by atomic mass is 10.2. The van der Waals surface area contributed by atoms with Gasteiger partial charge in [0.05, 0.1) is 5.02 Å². The van der Waals surface area contributed by atoms with Gasteiger partial charge in [0.25, 0.3) is 5.91 Å². The molecule has 1 aromatic carbocycles. The second-order valence-electron chi connectivity index (χ2n) is 4.80. The van der Waals surface area contributed by atoms with Crippen LogP contribution in [-0.2, 0) is 9.53 Å². The molecule has 0 unspecified atom stereocenters. The Morgan fingerprint density at radius 1 is 1.43 bits per heavy atom. The molecule has 4 nitrogen and oxygen atoms in total. The van der Waals surface area contributed by atoms with Crippen LogP contribution in [0.2, 0.25) is 5.02 Å². The van der Waals surface area contributed by atoms with Crippen LogP contribution in [-0.4, -0.2) is 24.5 Å². The van der Waals surface area contributed by atoms with E-state index in [1.54, 1.807) is 0 Å². The monoisotopic (exact) mass is 327 g/mol. The van der Waals surface area contributed by atoms with Gasteiger partial charge in [-0.15, -0.1) is 11.3 Å². The Bertz CT molecular complexity index is 726. The van der Waals surface area contributed by atoms with E-state index in [2.05, 4.69) is 5.32 Å². The van der Waals surface area contributed by atoms with Crippen LogP contribution < -0.4 is 5.32 Å². The number of nitrogens with one attached hydrogen (secondary N) is 1. The minimum atomic E-state index is -0.674. The van der Waals surface area contributed by atoms with E-state index in [-0.39, 0.29) is 28.5 Å². The molecule has 0 aliphatic heterocycles. The number of hydrogen-bond donors (Lipinski definition) is 1. The summed E-state index contributed by atoms with van der Waals surface area (Å²) in [5, 5.41) is 3.53. The number of benzene rings is 1. The van der Waals surface area contributed by atoms with Gasteiger partial charge in [-0.05, 0) is 31.0 Å². The van der Waals surface area contributed by atoms with Gasteiger partial charge in [0.1, 0.15) is 10.7 Å². The molecule has 1 fully saturated rings. The van der Waals surface area contributed by atoms with E-state index in [0.29, 0.717) is 10.1 Å². The van der Waals surface area contributed by atoms with Crippen LogP contribution in [0.1, 0.15) is 22.5 Å². The van der Waals surface area contributed by atoms with E-state index in [4.69, 9.17) is 16.3 Å². The molecule has 1 aliphatic rings. The van der Waals surface area contributed by atoms with Crippen molar-refractivity contribution in [3.63, 3.8) is 0 Å². The summed E-state index contributed by atoms with van der Waals surface area (Å²) in [5.41, 5.74) is 0. The molecule has 1 saturated carbocycles. The minimum absolute atomic E-state index is 0.177. The molecule has 0 radical (unpaired) electrons. The lowest BCUT2D eigenvalue weighted by Crippen LogP contribution is -2.30. The van der Waals surface area contributed by atoms with Crippen molar-refractivity contribution in [2.45, 2.75) is 18.9 Å². The van der Waals surface area contributed by atoms with Crippen LogP contribution in [0.4, 0.5) is 4.39 Å². The van der Waals surface area contributed by atoms with E-state index in [1.807, 2.05) is 0 Å². The highest BCUT2D eigenvalue weighted by molar-refractivity contribution is 7.21. The Hall–Kier alpha value is -1.66. The van der Waals surface area contributed by atoms with Gasteiger partial charge in [0, 0.05) is 16.1 Å². The average Bonchev–Trinajstić information content (AvgIpc) is 3.19. The smallest absolute Gasteiger partial charge is 0.350 e. The number of esters is 1. The van der Waals surface area contributed by atoms with E-state index in [1.165, 1.54) is 18.2 Å². The van der Waals surface area contributed by atoms with Crippen LogP contribution >= 0.6 is 22.9 Å². The Labute approximate surface area is 128 Å². The fraction of sp³-hybridized carbons (Fsp3) is 0.286. The zero-order valence-electron chi connectivity index (χ0n) is 10.8. The Balaban J connectivity index is 1.71. The summed E-state index contributed by atoms with van der Waals surface area (Å²) in [7, 11) is 0. The summed E-state index contributed by atoms with van der Waals surface area (Å²) in [6, 6.07) is 4.31. The average molecular weight is 328 g/mol. The first-order valence-corrected chi connectivity index (χ1v) is 7.58. The van der Waals surface area contributed by atoms with Gasteiger partial charge in [-0.1, -0.05) is 11.6 Å². The van der Waals surface area contributed by atoms with Gasteiger partial charge in [0.15, 0.2) is 6.61 Å². The molecule has 1 N–H and O–H groups in total. The predicted octanol–water partition coefficient (Wildman–Crippen LogP) is 3.13. The highest BCUT2D eigenvalue weighted by atomic mass is 35.5. The van der Waals surface area contributed by atoms with Gasteiger partial charge >= 0.3 is 5.97 Å². The lowest BCUT2D eigenvalue weighted by Gasteiger charge is -2.04. The number of fused-ring (bicyclic) bond motifs is 1. The highest BCUT2D eigenvalue weighted by Crippen LogP contribution is 2.36. The van der Waals surface area contributed by atoms with Crippen LogP contribution in [0.15, 0.2) is 18.2 Å². The van der Waals surface area contributed by atoms with Crippen LogP contribution in [0.5, 0.6) is 0 Å². The molecule has 1 aromatic heterocycles. The molecule has 3 rings (SSSR count). The maximum Gasteiger partial charge on any atom is 0.350 e. The number of rotatable bonds is 4.